The minimum atomic E-state index is -0.439. The molecule has 0 aliphatic heterocycles. The topological polar surface area (TPSA) is 115 Å². The Morgan fingerprint density at radius 2 is 1.90 bits per heavy atom. The fraction of sp³-hybridized carbons (Fsp3) is 0. The maximum atomic E-state index is 10.4. The normalized spacial score (nSPS) is 9.00. The number of non-ortho nitro benzene ring substituents is 1. The molecule has 1 radical (unpaired) electrons. The van der Waals surface area contributed by atoms with E-state index in [9.17, 15) is 10.1 Å². The molecule has 0 aliphatic rings. The van der Waals surface area contributed by atoms with Gasteiger partial charge in [0.25, 0.3) is 5.69 Å². The molecule has 0 fully saturated rings. The summed E-state index contributed by atoms with van der Waals surface area (Å²) in [6.07, 6.45) is 5.89. The third kappa shape index (κ3) is 4.53. The smallest absolute Gasteiger partial charge is 0.266 e. The van der Waals surface area contributed by atoms with E-state index in [0.29, 0.717) is 0 Å². The van der Waals surface area contributed by atoms with Crippen LogP contribution in [0.25, 0.3) is 5.69 Å². The van der Waals surface area contributed by atoms with Crippen LogP contribution in [0.3, 0.4) is 0 Å². The zero-order valence-electron chi connectivity index (χ0n) is 10.6. The Balaban J connectivity index is 0.000000283. The van der Waals surface area contributed by atoms with Crippen molar-refractivity contribution in [1.29, 1.82) is 0 Å². The van der Waals surface area contributed by atoms with Crippen LogP contribution in [-0.4, -0.2) is 64.4 Å². The molecule has 9 nitrogen and oxygen atoms in total. The van der Waals surface area contributed by atoms with E-state index in [2.05, 4.69) is 25.3 Å². The van der Waals surface area contributed by atoms with Crippen LogP contribution in [0.4, 0.5) is 5.69 Å². The zero-order chi connectivity index (χ0) is 13.5. The van der Waals surface area contributed by atoms with Crippen molar-refractivity contribution in [2.24, 2.45) is 0 Å². The molecule has 3 rings (SSSR count). The van der Waals surface area contributed by atoms with Crippen molar-refractivity contribution >= 4 is 35.2 Å². The molecule has 1 N–H and O–H groups in total. The van der Waals surface area contributed by atoms with Gasteiger partial charge in [-0.05, 0) is 12.1 Å². The minimum Gasteiger partial charge on any atom is -0.266 e. The molecule has 0 spiro atoms. The number of nitro benzene ring substituents is 1. The third-order valence-corrected chi connectivity index (χ3v) is 2.08. The van der Waals surface area contributed by atoms with Crippen LogP contribution in [-0.2, 0) is 0 Å². The van der Waals surface area contributed by atoms with Gasteiger partial charge in [0.2, 0.25) is 0 Å². The van der Waals surface area contributed by atoms with Gasteiger partial charge in [0, 0.05) is 41.7 Å². The summed E-state index contributed by atoms with van der Waals surface area (Å²) >= 11 is 0. The maximum absolute atomic E-state index is 10.4. The second-order valence-corrected chi connectivity index (χ2v) is 3.27. The molecule has 0 unspecified atom stereocenters. The van der Waals surface area contributed by atoms with Crippen LogP contribution >= 0.6 is 0 Å². The van der Waals surface area contributed by atoms with E-state index in [1.807, 2.05) is 0 Å². The van der Waals surface area contributed by atoms with E-state index in [1.54, 1.807) is 12.1 Å². The van der Waals surface area contributed by atoms with Gasteiger partial charge in [-0.3, -0.25) is 15.2 Å². The number of aromatic nitrogens is 6. The number of nitrogens with zero attached hydrogens (tertiary/aromatic N) is 6. The summed E-state index contributed by atoms with van der Waals surface area (Å²) in [4.78, 5) is 17.3. The summed E-state index contributed by atoms with van der Waals surface area (Å²) in [5, 5.41) is 20.3. The number of H-pyrrole nitrogens is 1. The Kier molecular flexibility index (Phi) is 6.50. The quantitative estimate of drug-likeness (QED) is 0.418. The largest absolute Gasteiger partial charge is 0.269 e. The third-order valence-electron chi connectivity index (χ3n) is 2.08. The van der Waals surface area contributed by atoms with Crippen molar-refractivity contribution in [2.45, 2.75) is 0 Å². The minimum absolute atomic E-state index is 0. The molecule has 0 amide bonds. The van der Waals surface area contributed by atoms with Crippen LogP contribution in [0, 0.1) is 10.1 Å². The molecule has 97 valence electrons. The number of hydrogen-bond acceptors (Lipinski definition) is 6. The van der Waals surface area contributed by atoms with Gasteiger partial charge in [-0.2, -0.15) is 10.2 Å². The van der Waals surface area contributed by atoms with E-state index in [-0.39, 0.29) is 35.2 Å². The van der Waals surface area contributed by atoms with Gasteiger partial charge in [-0.25, -0.2) is 14.6 Å². The fourth-order valence-corrected chi connectivity index (χ4v) is 1.24. The molecule has 10 heteroatoms. The average Bonchev–Trinajstić information content (AvgIpc) is 3.15. The van der Waals surface area contributed by atoms with E-state index < -0.39 is 4.92 Å². The Morgan fingerprint density at radius 3 is 2.30 bits per heavy atom. The van der Waals surface area contributed by atoms with Gasteiger partial charge in [0.05, 0.1) is 10.6 Å². The molecule has 0 atom stereocenters. The number of rotatable bonds is 2. The van der Waals surface area contributed by atoms with Crippen molar-refractivity contribution in [3.63, 3.8) is 0 Å². The van der Waals surface area contributed by atoms with Gasteiger partial charge in [-0.1, -0.05) is 0 Å². The van der Waals surface area contributed by atoms with Gasteiger partial charge < -0.3 is 0 Å². The molecule has 0 bridgehead atoms. The first-order chi connectivity index (χ1) is 9.27. The predicted octanol–water partition coefficient (Wildman–Crippen LogP) is 0.599. The second kappa shape index (κ2) is 8.15. The summed E-state index contributed by atoms with van der Waals surface area (Å²) in [5.74, 6) is 0. The summed E-state index contributed by atoms with van der Waals surface area (Å²) in [7, 11) is 0. The standard InChI is InChI=1S/C8H6N4O2.C2H3N3.Na/c13-12(14)8-3-1-7(2-4-8)11-6-9-5-10-11;1-3-2-5-4-1;/h1-6H;1-2H,(H,3,4,5);. The number of nitro groups is 1. The average molecular weight is 282 g/mol. The first-order valence-electron chi connectivity index (χ1n) is 5.15. The molecule has 0 aliphatic carbocycles. The molecular formula is C10H9N7NaO2. The Morgan fingerprint density at radius 1 is 1.15 bits per heavy atom. The summed E-state index contributed by atoms with van der Waals surface area (Å²) in [6, 6.07) is 6.09. The molecule has 3 aromatic rings. The molecule has 2 aromatic heterocycles. The Bertz CT molecular complexity index is 592. The SMILES string of the molecule is O=[N+]([O-])c1ccc(-n2cncn2)cc1.[Na].c1nc[nH]n1. The van der Waals surface area contributed by atoms with E-state index in [1.165, 1.54) is 42.1 Å². The van der Waals surface area contributed by atoms with Crippen molar-refractivity contribution in [2.75, 3.05) is 0 Å². The van der Waals surface area contributed by atoms with E-state index >= 15 is 0 Å². The molecule has 1 aromatic carbocycles. The van der Waals surface area contributed by atoms with Crippen LogP contribution in [0.15, 0.2) is 49.6 Å². The molecule has 20 heavy (non-hydrogen) atoms. The summed E-state index contributed by atoms with van der Waals surface area (Å²) in [5.41, 5.74) is 0.807. The number of benzene rings is 1. The summed E-state index contributed by atoms with van der Waals surface area (Å²) in [6.45, 7) is 0. The molecule has 0 saturated carbocycles. The van der Waals surface area contributed by atoms with Gasteiger partial charge in [0.1, 0.15) is 25.3 Å². The maximum Gasteiger partial charge on any atom is 0.269 e. The predicted molar refractivity (Wildman–Crippen MR) is 70.2 cm³/mol. The van der Waals surface area contributed by atoms with Crippen LogP contribution in [0.1, 0.15) is 0 Å². The number of nitrogens with one attached hydrogen (secondary N) is 1. The van der Waals surface area contributed by atoms with Crippen LogP contribution in [0.2, 0.25) is 0 Å². The van der Waals surface area contributed by atoms with Crippen molar-refractivity contribution in [3.05, 3.63) is 59.7 Å². The van der Waals surface area contributed by atoms with Gasteiger partial charge >= 0.3 is 0 Å². The van der Waals surface area contributed by atoms with Gasteiger partial charge in [-0.15, -0.1) is 0 Å². The van der Waals surface area contributed by atoms with Crippen molar-refractivity contribution < 1.29 is 4.92 Å². The monoisotopic (exact) mass is 282 g/mol. The number of aromatic amines is 1. The van der Waals surface area contributed by atoms with E-state index in [4.69, 9.17) is 0 Å². The Hall–Kier alpha value is -2.10. The molecular weight excluding hydrogens is 273 g/mol. The van der Waals surface area contributed by atoms with Crippen molar-refractivity contribution in [3.8, 4) is 5.69 Å². The van der Waals surface area contributed by atoms with Crippen LogP contribution in [0.5, 0.6) is 0 Å². The number of hydrogen-bond donors (Lipinski definition) is 1. The zero-order valence-corrected chi connectivity index (χ0v) is 12.6. The molecule has 2 heterocycles. The molecule has 0 saturated heterocycles. The second-order valence-electron chi connectivity index (χ2n) is 3.27. The summed E-state index contributed by atoms with van der Waals surface area (Å²) < 4.78 is 1.53. The first-order valence-corrected chi connectivity index (χ1v) is 5.15. The van der Waals surface area contributed by atoms with Gasteiger partial charge in [0.15, 0.2) is 0 Å². The van der Waals surface area contributed by atoms with E-state index in [0.717, 1.165) is 5.69 Å². The Labute approximate surface area is 135 Å². The fourth-order valence-electron chi connectivity index (χ4n) is 1.24. The van der Waals surface area contributed by atoms with Crippen LogP contribution < -0.4 is 0 Å². The van der Waals surface area contributed by atoms with Crippen molar-refractivity contribution in [1.82, 2.24) is 29.9 Å². The first kappa shape index (κ1) is 16.0.